The van der Waals surface area contributed by atoms with Crippen LogP contribution in [0.15, 0.2) is 42.6 Å². The van der Waals surface area contributed by atoms with Gasteiger partial charge in [0.2, 0.25) is 0 Å². The van der Waals surface area contributed by atoms with Crippen molar-refractivity contribution < 1.29 is 9.53 Å². The number of ether oxygens (including phenoxy) is 1. The Morgan fingerprint density at radius 2 is 2.20 bits per heavy atom. The summed E-state index contributed by atoms with van der Waals surface area (Å²) in [5.74, 6) is 5.75. The number of benzene rings is 1. The highest BCUT2D eigenvalue weighted by molar-refractivity contribution is 5.92. The second-order valence-electron chi connectivity index (χ2n) is 4.11. The van der Waals surface area contributed by atoms with Gasteiger partial charge < -0.3 is 15.5 Å². The van der Waals surface area contributed by atoms with E-state index in [9.17, 15) is 4.79 Å². The van der Waals surface area contributed by atoms with E-state index in [2.05, 4.69) is 15.7 Å². The molecular weight excluding hydrogens is 256 g/mol. The number of aromatic nitrogens is 1. The molecule has 0 aliphatic carbocycles. The number of nitrogen functional groups attached to an aromatic ring is 1. The second-order valence-corrected chi connectivity index (χ2v) is 4.11. The van der Waals surface area contributed by atoms with Crippen molar-refractivity contribution in [2.45, 2.75) is 6.54 Å². The van der Waals surface area contributed by atoms with Crippen LogP contribution >= 0.6 is 0 Å². The minimum Gasteiger partial charge on any atom is -0.497 e. The Labute approximate surface area is 116 Å². The molecule has 1 aromatic heterocycles. The van der Waals surface area contributed by atoms with Crippen molar-refractivity contribution in [2.75, 3.05) is 12.5 Å². The van der Waals surface area contributed by atoms with E-state index in [0.717, 1.165) is 11.3 Å². The van der Waals surface area contributed by atoms with Crippen LogP contribution in [0.3, 0.4) is 0 Å². The summed E-state index contributed by atoms with van der Waals surface area (Å²) in [5.41, 5.74) is 4.40. The lowest BCUT2D eigenvalue weighted by Gasteiger charge is -2.07. The number of carbonyl (C=O) groups is 1. The number of nitrogens with one attached hydrogen (secondary N) is 2. The monoisotopic (exact) mass is 272 g/mol. The lowest BCUT2D eigenvalue weighted by molar-refractivity contribution is 0.0946. The summed E-state index contributed by atoms with van der Waals surface area (Å²) in [6.45, 7) is 0.411. The first-order valence-corrected chi connectivity index (χ1v) is 6.06. The first-order chi connectivity index (χ1) is 9.72. The van der Waals surface area contributed by atoms with Crippen molar-refractivity contribution in [2.24, 2.45) is 5.84 Å². The molecule has 0 radical (unpaired) electrons. The molecule has 0 aliphatic rings. The van der Waals surface area contributed by atoms with Gasteiger partial charge in [-0.05, 0) is 29.8 Å². The standard InChI is InChI=1S/C14H16N4O2/c1-20-12-4-2-3-10(7-12)8-17-14(19)13-6-5-11(18-15)9-16-13/h2-7,9,18H,8,15H2,1H3,(H,17,19). The second kappa shape index (κ2) is 6.53. The Bertz CT molecular complexity index is 584. The number of carbonyl (C=O) groups excluding carboxylic acids is 1. The zero-order valence-corrected chi connectivity index (χ0v) is 11.1. The van der Waals surface area contributed by atoms with Crippen LogP contribution < -0.4 is 21.3 Å². The number of hydrogen-bond donors (Lipinski definition) is 3. The third-order valence-electron chi connectivity index (χ3n) is 2.75. The molecule has 20 heavy (non-hydrogen) atoms. The van der Waals surface area contributed by atoms with Gasteiger partial charge in [-0.2, -0.15) is 0 Å². The molecule has 0 bridgehead atoms. The average Bonchev–Trinajstić information content (AvgIpc) is 2.53. The minimum absolute atomic E-state index is 0.239. The maximum atomic E-state index is 11.9. The van der Waals surface area contributed by atoms with Crippen LogP contribution in [0.4, 0.5) is 5.69 Å². The van der Waals surface area contributed by atoms with Gasteiger partial charge in [0.15, 0.2) is 0 Å². The zero-order chi connectivity index (χ0) is 14.4. The molecule has 0 saturated carbocycles. The van der Waals surface area contributed by atoms with Gasteiger partial charge in [-0.25, -0.2) is 4.98 Å². The Kier molecular flexibility index (Phi) is 4.52. The van der Waals surface area contributed by atoms with Crippen molar-refractivity contribution in [1.82, 2.24) is 10.3 Å². The highest BCUT2D eigenvalue weighted by Gasteiger charge is 2.06. The van der Waals surface area contributed by atoms with Gasteiger partial charge in [-0.3, -0.25) is 10.6 Å². The van der Waals surface area contributed by atoms with E-state index in [0.29, 0.717) is 17.9 Å². The van der Waals surface area contributed by atoms with Crippen LogP contribution in [0.1, 0.15) is 16.1 Å². The minimum atomic E-state index is -0.239. The Balaban J connectivity index is 1.97. The van der Waals surface area contributed by atoms with Crippen molar-refractivity contribution in [3.63, 3.8) is 0 Å². The smallest absolute Gasteiger partial charge is 0.270 e. The SMILES string of the molecule is COc1cccc(CNC(=O)c2ccc(NN)cn2)c1. The molecule has 1 heterocycles. The molecule has 0 fully saturated rings. The van der Waals surface area contributed by atoms with E-state index >= 15 is 0 Å². The summed E-state index contributed by atoms with van der Waals surface area (Å²) in [7, 11) is 1.61. The topological polar surface area (TPSA) is 89.3 Å². The summed E-state index contributed by atoms with van der Waals surface area (Å²) in [6.07, 6.45) is 1.50. The summed E-state index contributed by atoms with van der Waals surface area (Å²) >= 11 is 0. The van der Waals surface area contributed by atoms with Gasteiger partial charge >= 0.3 is 0 Å². The number of hydrogen-bond acceptors (Lipinski definition) is 5. The number of hydrazine groups is 1. The summed E-state index contributed by atoms with van der Waals surface area (Å²) in [5, 5.41) is 2.80. The molecule has 0 saturated heterocycles. The van der Waals surface area contributed by atoms with Crippen LogP contribution in [0.2, 0.25) is 0 Å². The summed E-state index contributed by atoms with van der Waals surface area (Å²) in [4.78, 5) is 15.9. The highest BCUT2D eigenvalue weighted by atomic mass is 16.5. The van der Waals surface area contributed by atoms with Crippen LogP contribution in [-0.2, 0) is 6.54 Å². The Morgan fingerprint density at radius 3 is 2.85 bits per heavy atom. The molecule has 0 aliphatic heterocycles. The third-order valence-corrected chi connectivity index (χ3v) is 2.75. The largest absolute Gasteiger partial charge is 0.497 e. The molecule has 2 rings (SSSR count). The maximum Gasteiger partial charge on any atom is 0.270 e. The van der Waals surface area contributed by atoms with E-state index in [1.165, 1.54) is 6.20 Å². The number of pyridine rings is 1. The van der Waals surface area contributed by atoms with Crippen LogP contribution in [0.25, 0.3) is 0 Å². The summed E-state index contributed by atoms with van der Waals surface area (Å²) < 4.78 is 5.13. The number of rotatable bonds is 5. The molecule has 1 amide bonds. The molecule has 4 N–H and O–H groups in total. The maximum absolute atomic E-state index is 11.9. The number of nitrogens with two attached hydrogens (primary N) is 1. The first-order valence-electron chi connectivity index (χ1n) is 6.06. The normalized spacial score (nSPS) is 9.90. The molecule has 0 atom stereocenters. The Hall–Kier alpha value is -2.60. The highest BCUT2D eigenvalue weighted by Crippen LogP contribution is 2.12. The van der Waals surface area contributed by atoms with E-state index in [1.54, 1.807) is 19.2 Å². The van der Waals surface area contributed by atoms with Crippen LogP contribution in [0.5, 0.6) is 5.75 Å². The number of nitrogens with zero attached hydrogens (tertiary/aromatic N) is 1. The van der Waals surface area contributed by atoms with Gasteiger partial charge in [0, 0.05) is 6.54 Å². The van der Waals surface area contributed by atoms with E-state index in [-0.39, 0.29) is 5.91 Å². The lowest BCUT2D eigenvalue weighted by atomic mass is 10.2. The lowest BCUT2D eigenvalue weighted by Crippen LogP contribution is -2.23. The number of amides is 1. The van der Waals surface area contributed by atoms with E-state index in [4.69, 9.17) is 10.6 Å². The molecule has 6 heteroatoms. The fourth-order valence-electron chi connectivity index (χ4n) is 1.67. The molecule has 6 nitrogen and oxygen atoms in total. The zero-order valence-electron chi connectivity index (χ0n) is 11.1. The van der Waals surface area contributed by atoms with Crippen molar-refractivity contribution >= 4 is 11.6 Å². The van der Waals surface area contributed by atoms with Crippen LogP contribution in [-0.4, -0.2) is 18.0 Å². The van der Waals surface area contributed by atoms with E-state index in [1.807, 2.05) is 24.3 Å². The van der Waals surface area contributed by atoms with E-state index < -0.39 is 0 Å². The molecule has 0 unspecified atom stereocenters. The van der Waals surface area contributed by atoms with Gasteiger partial charge in [0.05, 0.1) is 19.0 Å². The Morgan fingerprint density at radius 1 is 1.35 bits per heavy atom. The molecule has 104 valence electrons. The predicted molar refractivity (Wildman–Crippen MR) is 76.2 cm³/mol. The number of anilines is 1. The third kappa shape index (κ3) is 3.46. The summed E-state index contributed by atoms with van der Waals surface area (Å²) in [6, 6.07) is 10.8. The first kappa shape index (κ1) is 13.8. The quantitative estimate of drug-likeness (QED) is 0.564. The van der Waals surface area contributed by atoms with Crippen LogP contribution in [0, 0.1) is 0 Å². The molecule has 1 aromatic carbocycles. The van der Waals surface area contributed by atoms with Crippen molar-refractivity contribution in [3.8, 4) is 5.75 Å². The average molecular weight is 272 g/mol. The van der Waals surface area contributed by atoms with Gasteiger partial charge in [0.25, 0.3) is 5.91 Å². The van der Waals surface area contributed by atoms with Gasteiger partial charge in [-0.15, -0.1) is 0 Å². The molecule has 0 spiro atoms. The predicted octanol–water partition coefficient (Wildman–Crippen LogP) is 1.31. The van der Waals surface area contributed by atoms with Gasteiger partial charge in [0.1, 0.15) is 11.4 Å². The van der Waals surface area contributed by atoms with Gasteiger partial charge in [-0.1, -0.05) is 12.1 Å². The number of methoxy groups -OCH3 is 1. The fourth-order valence-corrected chi connectivity index (χ4v) is 1.67. The van der Waals surface area contributed by atoms with Crippen molar-refractivity contribution in [3.05, 3.63) is 53.9 Å². The fraction of sp³-hybridized carbons (Fsp3) is 0.143. The molecular formula is C14H16N4O2. The van der Waals surface area contributed by atoms with Crippen molar-refractivity contribution in [1.29, 1.82) is 0 Å². The molecule has 2 aromatic rings.